The number of amides is 1. The van der Waals surface area contributed by atoms with Crippen molar-refractivity contribution in [1.29, 1.82) is 0 Å². The highest BCUT2D eigenvalue weighted by atomic mass is 32.2. The topological polar surface area (TPSA) is 78.9 Å². The summed E-state index contributed by atoms with van der Waals surface area (Å²) in [6, 6.07) is 12.3. The molecule has 1 aliphatic heterocycles. The number of hydrogen-bond donors (Lipinski definition) is 2. The Bertz CT molecular complexity index is 910. The molecule has 8 heteroatoms. The van der Waals surface area contributed by atoms with Gasteiger partial charge in [0, 0.05) is 5.56 Å². The van der Waals surface area contributed by atoms with Gasteiger partial charge < -0.3 is 10.8 Å². The van der Waals surface area contributed by atoms with Gasteiger partial charge in [0.2, 0.25) is 0 Å². The number of thioether (sulfide) groups is 1. The molecule has 0 spiro atoms. The van der Waals surface area contributed by atoms with Crippen LogP contribution in [0.1, 0.15) is 37.3 Å². The fourth-order valence-electron chi connectivity index (χ4n) is 3.23. The normalized spacial score (nSPS) is 19.9. The summed E-state index contributed by atoms with van der Waals surface area (Å²) in [5, 5.41) is 16.0. The van der Waals surface area contributed by atoms with Gasteiger partial charge in [-0.05, 0) is 49.6 Å². The van der Waals surface area contributed by atoms with E-state index in [1.165, 1.54) is 16.8 Å². The van der Waals surface area contributed by atoms with Gasteiger partial charge in [0.1, 0.15) is 27.7 Å². The van der Waals surface area contributed by atoms with Crippen molar-refractivity contribution in [3.8, 4) is 0 Å². The van der Waals surface area contributed by atoms with E-state index in [-0.39, 0.29) is 17.0 Å². The van der Waals surface area contributed by atoms with Gasteiger partial charge in [-0.3, -0.25) is 4.79 Å². The predicted molar refractivity (Wildman–Crippen MR) is 110 cm³/mol. The third kappa shape index (κ3) is 4.19. The molecule has 0 saturated carbocycles. The average molecular weight is 419 g/mol. The van der Waals surface area contributed by atoms with Crippen LogP contribution in [0.5, 0.6) is 0 Å². The van der Waals surface area contributed by atoms with Gasteiger partial charge in [0.15, 0.2) is 0 Å². The second-order valence-electron chi connectivity index (χ2n) is 6.75. The maximum absolute atomic E-state index is 14.4. The van der Waals surface area contributed by atoms with Gasteiger partial charge >= 0.3 is 0 Å². The van der Waals surface area contributed by atoms with E-state index in [0.717, 1.165) is 23.8 Å². The molecule has 3 N–H and O–H groups in total. The Kier molecular flexibility index (Phi) is 6.66. The fourth-order valence-corrected chi connectivity index (χ4v) is 4.66. The molecule has 5 nitrogen and oxygen atoms in total. The molecule has 3 rings (SSSR count). The number of hydrogen-bond acceptors (Lipinski definition) is 5. The van der Waals surface area contributed by atoms with Crippen LogP contribution in [0.4, 0.5) is 8.78 Å². The van der Waals surface area contributed by atoms with Gasteiger partial charge in [-0.1, -0.05) is 49.0 Å². The number of carbonyl (C=O) groups is 1. The van der Waals surface area contributed by atoms with E-state index in [2.05, 4.69) is 5.10 Å². The van der Waals surface area contributed by atoms with Crippen molar-refractivity contribution in [3.63, 3.8) is 0 Å². The number of nitrogens with two attached hydrogens (primary N) is 1. The summed E-state index contributed by atoms with van der Waals surface area (Å²) in [6.45, 7) is 2.07. The van der Waals surface area contributed by atoms with Crippen LogP contribution in [0.25, 0.3) is 0 Å². The van der Waals surface area contributed by atoms with Gasteiger partial charge in [-0.15, -0.1) is 0 Å². The molecule has 154 valence electrons. The van der Waals surface area contributed by atoms with E-state index in [4.69, 9.17) is 5.73 Å². The van der Waals surface area contributed by atoms with Crippen LogP contribution >= 0.6 is 11.8 Å². The van der Waals surface area contributed by atoms with Crippen LogP contribution in [-0.2, 0) is 9.67 Å². The number of benzene rings is 2. The smallest absolute Gasteiger partial charge is 0.273 e. The third-order valence-corrected chi connectivity index (χ3v) is 6.23. The minimum Gasteiger partial charge on any atom is -0.383 e. The minimum absolute atomic E-state index is 0.0238. The zero-order valence-electron chi connectivity index (χ0n) is 16.0. The van der Waals surface area contributed by atoms with Gasteiger partial charge in [-0.2, -0.15) is 5.10 Å². The molecule has 2 aromatic carbocycles. The van der Waals surface area contributed by atoms with Crippen LogP contribution < -0.4 is 5.73 Å². The summed E-state index contributed by atoms with van der Waals surface area (Å²) in [7, 11) is 0. The highest BCUT2D eigenvalue weighted by molar-refractivity contribution is 8.15. The molecule has 1 aliphatic rings. The Morgan fingerprint density at radius 1 is 1.28 bits per heavy atom. The van der Waals surface area contributed by atoms with Crippen LogP contribution in [-0.4, -0.2) is 33.7 Å². The van der Waals surface area contributed by atoms with Gasteiger partial charge in [0.25, 0.3) is 5.91 Å². The molecule has 1 heterocycles. The van der Waals surface area contributed by atoms with Gasteiger partial charge in [-0.25, -0.2) is 13.8 Å². The lowest BCUT2D eigenvalue weighted by Gasteiger charge is -2.36. The predicted octanol–water partition coefficient (Wildman–Crippen LogP) is 3.56. The van der Waals surface area contributed by atoms with E-state index >= 15 is 0 Å². The number of aliphatic hydroxyl groups is 1. The average Bonchev–Trinajstić information content (AvgIpc) is 3.14. The molecule has 0 bridgehead atoms. The monoisotopic (exact) mass is 419 g/mol. The molecule has 0 radical (unpaired) electrons. The van der Waals surface area contributed by atoms with Crippen molar-refractivity contribution in [1.82, 2.24) is 5.01 Å². The maximum atomic E-state index is 14.4. The number of rotatable bonds is 7. The van der Waals surface area contributed by atoms with E-state index in [1.54, 1.807) is 6.92 Å². The highest BCUT2D eigenvalue weighted by Gasteiger charge is 2.49. The van der Waals surface area contributed by atoms with Crippen molar-refractivity contribution in [2.75, 3.05) is 6.54 Å². The first-order valence-electron chi connectivity index (χ1n) is 9.43. The standard InChI is InChI=1S/C21H23F2N3O2S/c1-2-18(27)20(28)26-21(11-6-12-24,14-7-4-3-5-8-14)29-19(25-26)16-13-15(22)9-10-17(16)23/h3-5,7-10,13,18,27H,2,6,11-12,24H2,1H3/t18-,21-/m0/s1. The second kappa shape index (κ2) is 9.02. The summed E-state index contributed by atoms with van der Waals surface area (Å²) in [4.78, 5) is 12.0. The van der Waals surface area contributed by atoms with Crippen LogP contribution in [0.15, 0.2) is 53.6 Å². The molecule has 1 amide bonds. The van der Waals surface area contributed by atoms with Crippen molar-refractivity contribution < 1.29 is 18.7 Å². The number of halogens is 2. The van der Waals surface area contributed by atoms with Crippen molar-refractivity contribution in [2.24, 2.45) is 10.8 Å². The molecule has 0 aromatic heterocycles. The third-order valence-electron chi connectivity index (χ3n) is 4.78. The molecule has 29 heavy (non-hydrogen) atoms. The van der Waals surface area contributed by atoms with Crippen molar-refractivity contribution in [3.05, 3.63) is 71.3 Å². The van der Waals surface area contributed by atoms with Crippen LogP contribution in [0, 0.1) is 11.6 Å². The lowest BCUT2D eigenvalue weighted by atomic mass is 9.99. The molecule has 2 aromatic rings. The Balaban J connectivity index is 2.15. The molecule has 2 atom stereocenters. The molecular weight excluding hydrogens is 396 g/mol. The van der Waals surface area contributed by atoms with Crippen LogP contribution in [0.2, 0.25) is 0 Å². The van der Waals surface area contributed by atoms with Gasteiger partial charge in [0.05, 0.1) is 0 Å². The quantitative estimate of drug-likeness (QED) is 0.719. The first kappa shape index (κ1) is 21.4. The summed E-state index contributed by atoms with van der Waals surface area (Å²) >= 11 is 1.17. The lowest BCUT2D eigenvalue weighted by Crippen LogP contribution is -2.46. The van der Waals surface area contributed by atoms with Crippen molar-refractivity contribution in [2.45, 2.75) is 37.2 Å². The number of aliphatic hydroxyl groups excluding tert-OH is 1. The Labute approximate surface area is 172 Å². The number of hydrazone groups is 1. The molecule has 0 saturated heterocycles. The fraction of sp³-hybridized carbons (Fsp3) is 0.333. The Morgan fingerprint density at radius 2 is 2.00 bits per heavy atom. The molecule has 0 fully saturated rings. The summed E-state index contributed by atoms with van der Waals surface area (Å²) in [6.07, 6.45) is -0.0369. The molecule has 0 unspecified atom stereocenters. The summed E-state index contributed by atoms with van der Waals surface area (Å²) in [5.74, 6) is -1.83. The zero-order chi connectivity index (χ0) is 21.0. The minimum atomic E-state index is -1.25. The van der Waals surface area contributed by atoms with E-state index in [0.29, 0.717) is 19.4 Å². The van der Waals surface area contributed by atoms with Crippen LogP contribution in [0.3, 0.4) is 0 Å². The highest BCUT2D eigenvalue weighted by Crippen LogP contribution is 2.50. The molecule has 0 aliphatic carbocycles. The van der Waals surface area contributed by atoms with E-state index in [9.17, 15) is 18.7 Å². The van der Waals surface area contributed by atoms with Crippen molar-refractivity contribution >= 4 is 22.7 Å². The largest absolute Gasteiger partial charge is 0.383 e. The Hall–Kier alpha value is -2.29. The van der Waals surface area contributed by atoms with E-state index in [1.807, 2.05) is 30.3 Å². The first-order chi connectivity index (χ1) is 13.9. The number of carbonyl (C=O) groups excluding carboxylic acids is 1. The Morgan fingerprint density at radius 3 is 2.66 bits per heavy atom. The zero-order valence-corrected chi connectivity index (χ0v) is 16.8. The second-order valence-corrected chi connectivity index (χ2v) is 8.01. The SMILES string of the molecule is CC[C@H](O)C(=O)N1N=C(c2cc(F)ccc2F)S[C@@]1(CCCN)c1ccccc1. The maximum Gasteiger partial charge on any atom is 0.273 e. The summed E-state index contributed by atoms with van der Waals surface area (Å²) in [5.41, 5.74) is 6.48. The summed E-state index contributed by atoms with van der Waals surface area (Å²) < 4.78 is 28.2. The number of nitrogens with zero attached hydrogens (tertiary/aromatic N) is 2. The molecular formula is C21H23F2N3O2S. The van der Waals surface area contributed by atoms with E-state index < -0.39 is 28.5 Å². The first-order valence-corrected chi connectivity index (χ1v) is 10.3. The lowest BCUT2D eigenvalue weighted by molar-refractivity contribution is -0.144.